The van der Waals surface area contributed by atoms with Gasteiger partial charge in [-0.3, -0.25) is 4.79 Å². The first-order valence-corrected chi connectivity index (χ1v) is 6.09. The Kier molecular flexibility index (Phi) is 4.12. The number of aryl methyl sites for hydroxylation is 2. The summed E-state index contributed by atoms with van der Waals surface area (Å²) in [7, 11) is 0. The molecule has 0 aliphatic carbocycles. The maximum atomic E-state index is 11.7. The number of aromatic nitrogens is 2. The number of carbonyl (C=O) groups excluding carboxylic acids is 1. The third-order valence-corrected chi connectivity index (χ3v) is 2.82. The van der Waals surface area contributed by atoms with Crippen LogP contribution in [0.15, 0.2) is 36.7 Å². The minimum Gasteiger partial charge on any atom is -0.351 e. The highest BCUT2D eigenvalue weighted by Crippen LogP contribution is 2.02. The van der Waals surface area contributed by atoms with Crippen molar-refractivity contribution in [3.05, 3.63) is 53.6 Å². The summed E-state index contributed by atoms with van der Waals surface area (Å²) >= 11 is 0. The summed E-state index contributed by atoms with van der Waals surface area (Å²) < 4.78 is 0. The summed E-state index contributed by atoms with van der Waals surface area (Å²) in [6, 6.07) is 10.3. The van der Waals surface area contributed by atoms with E-state index >= 15 is 0 Å². The molecule has 0 aliphatic heterocycles. The molecule has 1 heterocycles. The summed E-state index contributed by atoms with van der Waals surface area (Å²) in [5.74, 6) is -0.109. The van der Waals surface area contributed by atoms with Gasteiger partial charge in [-0.25, -0.2) is 4.98 Å². The maximum absolute atomic E-state index is 11.7. The fraction of sp³-hybridized carbons (Fsp3) is 0.286. The van der Waals surface area contributed by atoms with Crippen LogP contribution in [0.4, 0.5) is 0 Å². The molecule has 18 heavy (non-hydrogen) atoms. The van der Waals surface area contributed by atoms with Gasteiger partial charge in [0.05, 0.1) is 6.33 Å². The van der Waals surface area contributed by atoms with Crippen molar-refractivity contribution in [3.8, 4) is 0 Å². The first-order chi connectivity index (χ1) is 8.77. The van der Waals surface area contributed by atoms with Crippen LogP contribution in [0, 0.1) is 6.92 Å². The largest absolute Gasteiger partial charge is 0.351 e. The molecule has 1 aromatic heterocycles. The molecular formula is C14H17N3O. The summed E-state index contributed by atoms with van der Waals surface area (Å²) in [5, 5.41) is 2.87. The van der Waals surface area contributed by atoms with Crippen LogP contribution >= 0.6 is 0 Å². The Labute approximate surface area is 106 Å². The Morgan fingerprint density at radius 1 is 1.33 bits per heavy atom. The number of nitrogens with one attached hydrogen (secondary N) is 2. The molecule has 0 fully saturated rings. The molecule has 0 radical (unpaired) electrons. The zero-order valence-corrected chi connectivity index (χ0v) is 10.4. The van der Waals surface area contributed by atoms with Crippen LogP contribution < -0.4 is 5.32 Å². The van der Waals surface area contributed by atoms with E-state index in [2.05, 4.69) is 27.4 Å². The second-order valence-corrected chi connectivity index (χ2v) is 4.22. The van der Waals surface area contributed by atoms with Crippen LogP contribution in [-0.4, -0.2) is 22.4 Å². The molecule has 2 N–H and O–H groups in total. The van der Waals surface area contributed by atoms with Gasteiger partial charge in [0.25, 0.3) is 5.91 Å². The van der Waals surface area contributed by atoms with Gasteiger partial charge in [-0.15, -0.1) is 0 Å². The summed E-state index contributed by atoms with van der Waals surface area (Å²) in [4.78, 5) is 18.6. The van der Waals surface area contributed by atoms with E-state index in [1.54, 1.807) is 0 Å². The van der Waals surface area contributed by atoms with E-state index in [9.17, 15) is 4.79 Å². The fourth-order valence-electron chi connectivity index (χ4n) is 1.81. The van der Waals surface area contributed by atoms with Crippen molar-refractivity contribution in [2.75, 3.05) is 6.54 Å². The number of hydrogen-bond donors (Lipinski definition) is 2. The van der Waals surface area contributed by atoms with E-state index in [0.717, 1.165) is 18.5 Å². The minimum atomic E-state index is -0.109. The van der Waals surface area contributed by atoms with E-state index in [1.165, 1.54) is 11.9 Å². The second kappa shape index (κ2) is 6.00. The standard InChI is InChI=1S/C14H17N3O/c1-11-13(17-10-16-11)14(18)15-9-5-8-12-6-3-2-4-7-12/h2-4,6-7,10H,5,8-9H2,1H3,(H,15,18)(H,16,17). The molecule has 0 aliphatic rings. The van der Waals surface area contributed by atoms with Crippen molar-refractivity contribution < 1.29 is 4.79 Å². The van der Waals surface area contributed by atoms with Crippen molar-refractivity contribution >= 4 is 5.91 Å². The average molecular weight is 243 g/mol. The zero-order valence-electron chi connectivity index (χ0n) is 10.4. The number of H-pyrrole nitrogens is 1. The van der Waals surface area contributed by atoms with Crippen LogP contribution in [0.25, 0.3) is 0 Å². The lowest BCUT2D eigenvalue weighted by Gasteiger charge is -2.04. The number of nitrogens with zero attached hydrogens (tertiary/aromatic N) is 1. The smallest absolute Gasteiger partial charge is 0.271 e. The van der Waals surface area contributed by atoms with Gasteiger partial charge in [-0.05, 0) is 25.3 Å². The van der Waals surface area contributed by atoms with Crippen LogP contribution in [0.3, 0.4) is 0 Å². The predicted molar refractivity (Wildman–Crippen MR) is 70.4 cm³/mol. The maximum Gasteiger partial charge on any atom is 0.271 e. The van der Waals surface area contributed by atoms with E-state index in [4.69, 9.17) is 0 Å². The molecule has 94 valence electrons. The van der Waals surface area contributed by atoms with Crippen molar-refractivity contribution in [1.29, 1.82) is 0 Å². The highest BCUT2D eigenvalue weighted by Gasteiger charge is 2.10. The normalized spacial score (nSPS) is 10.3. The summed E-state index contributed by atoms with van der Waals surface area (Å²) in [5.41, 5.74) is 2.58. The van der Waals surface area contributed by atoms with Crippen LogP contribution in [-0.2, 0) is 6.42 Å². The highest BCUT2D eigenvalue weighted by atomic mass is 16.1. The molecule has 1 aromatic carbocycles. The third-order valence-electron chi connectivity index (χ3n) is 2.82. The van der Waals surface area contributed by atoms with Gasteiger partial charge in [0.1, 0.15) is 5.69 Å². The van der Waals surface area contributed by atoms with Gasteiger partial charge in [0, 0.05) is 12.2 Å². The molecular weight excluding hydrogens is 226 g/mol. The van der Waals surface area contributed by atoms with Crippen molar-refractivity contribution in [3.63, 3.8) is 0 Å². The summed E-state index contributed by atoms with van der Waals surface area (Å²) in [6.07, 6.45) is 3.44. The number of rotatable bonds is 5. The SMILES string of the molecule is Cc1[nH]cnc1C(=O)NCCCc1ccccc1. The Balaban J connectivity index is 1.73. The van der Waals surface area contributed by atoms with Gasteiger partial charge in [0.2, 0.25) is 0 Å². The van der Waals surface area contributed by atoms with Crippen LogP contribution in [0.2, 0.25) is 0 Å². The highest BCUT2D eigenvalue weighted by molar-refractivity contribution is 5.93. The Morgan fingerprint density at radius 2 is 2.11 bits per heavy atom. The molecule has 2 rings (SSSR count). The molecule has 0 saturated carbocycles. The average Bonchev–Trinajstić information content (AvgIpc) is 2.82. The molecule has 0 bridgehead atoms. The molecule has 4 nitrogen and oxygen atoms in total. The fourth-order valence-corrected chi connectivity index (χ4v) is 1.81. The molecule has 0 atom stereocenters. The molecule has 0 spiro atoms. The topological polar surface area (TPSA) is 57.8 Å². The van der Waals surface area contributed by atoms with E-state index < -0.39 is 0 Å². The number of carbonyl (C=O) groups is 1. The first-order valence-electron chi connectivity index (χ1n) is 6.09. The quantitative estimate of drug-likeness (QED) is 0.790. The number of hydrogen-bond acceptors (Lipinski definition) is 2. The molecule has 4 heteroatoms. The van der Waals surface area contributed by atoms with Crippen LogP contribution in [0.1, 0.15) is 28.2 Å². The van der Waals surface area contributed by atoms with Gasteiger partial charge in [-0.1, -0.05) is 30.3 Å². The molecule has 1 amide bonds. The monoisotopic (exact) mass is 243 g/mol. The third kappa shape index (κ3) is 3.20. The minimum absolute atomic E-state index is 0.109. The number of aromatic amines is 1. The molecule has 0 saturated heterocycles. The number of amides is 1. The molecule has 0 unspecified atom stereocenters. The van der Waals surface area contributed by atoms with Gasteiger partial charge in [0.15, 0.2) is 0 Å². The van der Waals surface area contributed by atoms with Gasteiger partial charge in [-0.2, -0.15) is 0 Å². The van der Waals surface area contributed by atoms with E-state index in [0.29, 0.717) is 12.2 Å². The van der Waals surface area contributed by atoms with E-state index in [1.807, 2.05) is 25.1 Å². The lowest BCUT2D eigenvalue weighted by Crippen LogP contribution is -2.25. The number of benzene rings is 1. The lowest BCUT2D eigenvalue weighted by atomic mass is 10.1. The van der Waals surface area contributed by atoms with Crippen molar-refractivity contribution in [2.24, 2.45) is 0 Å². The Bertz CT molecular complexity index is 505. The van der Waals surface area contributed by atoms with E-state index in [-0.39, 0.29) is 5.91 Å². The van der Waals surface area contributed by atoms with Crippen molar-refractivity contribution in [1.82, 2.24) is 15.3 Å². The van der Waals surface area contributed by atoms with Crippen molar-refractivity contribution in [2.45, 2.75) is 19.8 Å². The lowest BCUT2D eigenvalue weighted by molar-refractivity contribution is 0.0948. The Hall–Kier alpha value is -2.10. The second-order valence-electron chi connectivity index (χ2n) is 4.22. The van der Waals surface area contributed by atoms with Gasteiger partial charge < -0.3 is 10.3 Å². The number of imidazole rings is 1. The first kappa shape index (κ1) is 12.4. The van der Waals surface area contributed by atoms with Crippen LogP contribution in [0.5, 0.6) is 0 Å². The molecule has 2 aromatic rings. The zero-order chi connectivity index (χ0) is 12.8. The predicted octanol–water partition coefficient (Wildman–Crippen LogP) is 2.08. The van der Waals surface area contributed by atoms with Gasteiger partial charge >= 0.3 is 0 Å². The summed E-state index contributed by atoms with van der Waals surface area (Å²) in [6.45, 7) is 2.51. The Morgan fingerprint density at radius 3 is 2.78 bits per heavy atom.